The second-order valence-electron chi connectivity index (χ2n) is 4.87. The lowest BCUT2D eigenvalue weighted by molar-refractivity contribution is 0.304. The van der Waals surface area contributed by atoms with Crippen LogP contribution in [0.25, 0.3) is 0 Å². The average Bonchev–Trinajstić information content (AvgIpc) is 2.91. The van der Waals surface area contributed by atoms with Gasteiger partial charge in [0.25, 0.3) is 0 Å². The zero-order chi connectivity index (χ0) is 14.8. The lowest BCUT2D eigenvalue weighted by Gasteiger charge is -2.09. The van der Waals surface area contributed by atoms with Crippen LogP contribution < -0.4 is 4.74 Å². The van der Waals surface area contributed by atoms with Crippen LogP contribution in [0, 0.1) is 5.82 Å². The van der Waals surface area contributed by atoms with Crippen LogP contribution >= 0.6 is 15.9 Å². The van der Waals surface area contributed by atoms with E-state index in [1.165, 1.54) is 6.07 Å². The Morgan fingerprint density at radius 2 is 2.10 bits per heavy atom. The summed E-state index contributed by atoms with van der Waals surface area (Å²) in [5.41, 5.74) is 3.55. The molecule has 3 nitrogen and oxygen atoms in total. The van der Waals surface area contributed by atoms with Crippen LogP contribution in [-0.2, 0) is 13.0 Å². The maximum Gasteiger partial charge on any atom is 0.137 e. The number of aryl methyl sites for hydroxylation is 1. The highest BCUT2D eigenvalue weighted by Crippen LogP contribution is 2.28. The topological polar surface area (TPSA) is 41.8 Å². The van der Waals surface area contributed by atoms with E-state index in [1.54, 1.807) is 6.07 Å². The number of nitrogens with zero attached hydrogens (tertiary/aromatic N) is 1. The highest BCUT2D eigenvalue weighted by Gasteiger charge is 2.18. The molecule has 0 aliphatic heterocycles. The van der Waals surface area contributed by atoms with Crippen LogP contribution in [0.2, 0.25) is 0 Å². The van der Waals surface area contributed by atoms with E-state index < -0.39 is 0 Å². The summed E-state index contributed by atoms with van der Waals surface area (Å²) in [7, 11) is 0. The zero-order valence-corrected chi connectivity index (χ0v) is 12.7. The van der Waals surface area contributed by atoms with Gasteiger partial charge in [-0.05, 0) is 58.6 Å². The van der Waals surface area contributed by atoms with E-state index in [0.29, 0.717) is 10.2 Å². The average molecular weight is 350 g/mol. The van der Waals surface area contributed by atoms with Crippen molar-refractivity contribution in [3.05, 3.63) is 63.4 Å². The van der Waals surface area contributed by atoms with E-state index in [1.807, 2.05) is 24.3 Å². The van der Waals surface area contributed by atoms with E-state index >= 15 is 0 Å². The molecule has 1 N–H and O–H groups in total. The second kappa shape index (κ2) is 5.85. The molecule has 0 radical (unpaired) electrons. The van der Waals surface area contributed by atoms with Gasteiger partial charge in [-0.1, -0.05) is 17.3 Å². The Morgan fingerprint density at radius 1 is 1.24 bits per heavy atom. The number of ether oxygens (including phenoxy) is 1. The first-order valence-electron chi connectivity index (χ1n) is 6.59. The molecule has 1 aliphatic rings. The summed E-state index contributed by atoms with van der Waals surface area (Å²) < 4.78 is 19.6. The van der Waals surface area contributed by atoms with Crippen LogP contribution in [0.4, 0.5) is 4.39 Å². The minimum Gasteiger partial charge on any atom is -0.489 e. The van der Waals surface area contributed by atoms with Crippen molar-refractivity contribution >= 4 is 21.6 Å². The maximum atomic E-state index is 13.4. The number of oxime groups is 1. The Kier molecular flexibility index (Phi) is 3.92. The van der Waals surface area contributed by atoms with E-state index in [0.717, 1.165) is 35.3 Å². The lowest BCUT2D eigenvalue weighted by Crippen LogP contribution is -1.99. The van der Waals surface area contributed by atoms with Crippen molar-refractivity contribution in [2.24, 2.45) is 5.16 Å². The molecule has 0 heterocycles. The van der Waals surface area contributed by atoms with Crippen molar-refractivity contribution in [1.29, 1.82) is 0 Å². The molecular weight excluding hydrogens is 337 g/mol. The Bertz CT molecular complexity index is 715. The fourth-order valence-electron chi connectivity index (χ4n) is 2.46. The van der Waals surface area contributed by atoms with Gasteiger partial charge >= 0.3 is 0 Å². The Labute approximate surface area is 130 Å². The van der Waals surface area contributed by atoms with Crippen LogP contribution in [0.5, 0.6) is 5.75 Å². The summed E-state index contributed by atoms with van der Waals surface area (Å²) in [6, 6.07) is 10.6. The minimum atomic E-state index is -0.297. The quantitative estimate of drug-likeness (QED) is 0.663. The molecule has 21 heavy (non-hydrogen) atoms. The SMILES string of the molecule is O/N=C1/CCc2cc(OCc3cccc(F)c3Br)ccc21. The number of halogens is 2. The molecule has 0 saturated heterocycles. The summed E-state index contributed by atoms with van der Waals surface area (Å²) in [4.78, 5) is 0. The summed E-state index contributed by atoms with van der Waals surface area (Å²) >= 11 is 3.22. The smallest absolute Gasteiger partial charge is 0.137 e. The van der Waals surface area contributed by atoms with E-state index in [2.05, 4.69) is 21.1 Å². The molecule has 0 aromatic heterocycles. The molecule has 0 bridgehead atoms. The van der Waals surface area contributed by atoms with Gasteiger partial charge in [-0.25, -0.2) is 4.39 Å². The molecule has 5 heteroatoms. The fourth-order valence-corrected chi connectivity index (χ4v) is 2.84. The standard InChI is InChI=1S/C16H13BrFNO2/c17-16-11(2-1-3-14(16)18)9-21-12-5-6-13-10(8-12)4-7-15(13)19-20/h1-3,5-6,8,20H,4,7,9H2/b19-15-. The second-order valence-corrected chi connectivity index (χ2v) is 5.66. The van der Waals surface area contributed by atoms with Crippen LogP contribution in [-0.4, -0.2) is 10.9 Å². The van der Waals surface area contributed by atoms with Crippen LogP contribution in [0.15, 0.2) is 46.0 Å². The number of hydrogen-bond acceptors (Lipinski definition) is 3. The van der Waals surface area contributed by atoms with Gasteiger partial charge in [0.15, 0.2) is 0 Å². The maximum absolute atomic E-state index is 13.4. The van der Waals surface area contributed by atoms with Gasteiger partial charge < -0.3 is 9.94 Å². The first kappa shape index (κ1) is 14.1. The number of benzene rings is 2. The van der Waals surface area contributed by atoms with Crippen molar-refractivity contribution in [3.8, 4) is 5.75 Å². The summed E-state index contributed by atoms with van der Waals surface area (Å²) in [5.74, 6) is 0.429. The van der Waals surface area contributed by atoms with Gasteiger partial charge in [-0.15, -0.1) is 0 Å². The molecule has 0 unspecified atom stereocenters. The van der Waals surface area contributed by atoms with E-state index in [4.69, 9.17) is 9.94 Å². The van der Waals surface area contributed by atoms with Crippen LogP contribution in [0.3, 0.4) is 0 Å². The summed E-state index contributed by atoms with van der Waals surface area (Å²) in [6.45, 7) is 0.290. The monoisotopic (exact) mass is 349 g/mol. The predicted octanol–water partition coefficient (Wildman–Crippen LogP) is 4.29. The molecular formula is C16H13BrFNO2. The van der Waals surface area contributed by atoms with Crippen molar-refractivity contribution in [1.82, 2.24) is 0 Å². The largest absolute Gasteiger partial charge is 0.489 e. The van der Waals surface area contributed by atoms with Crippen molar-refractivity contribution < 1.29 is 14.3 Å². The first-order chi connectivity index (χ1) is 10.2. The normalized spacial score (nSPS) is 15.2. The Hall–Kier alpha value is -1.88. The molecule has 0 fully saturated rings. The third kappa shape index (κ3) is 2.78. The highest BCUT2D eigenvalue weighted by molar-refractivity contribution is 9.10. The van der Waals surface area contributed by atoms with Gasteiger partial charge in [-0.2, -0.15) is 0 Å². The number of fused-ring (bicyclic) bond motifs is 1. The molecule has 0 atom stereocenters. The minimum absolute atomic E-state index is 0.290. The van der Waals surface area contributed by atoms with Gasteiger partial charge in [0.2, 0.25) is 0 Å². The first-order valence-corrected chi connectivity index (χ1v) is 7.38. The zero-order valence-electron chi connectivity index (χ0n) is 11.1. The molecule has 2 aromatic rings. The molecule has 0 amide bonds. The van der Waals surface area contributed by atoms with E-state index in [-0.39, 0.29) is 12.4 Å². The molecule has 1 aliphatic carbocycles. The van der Waals surface area contributed by atoms with Crippen molar-refractivity contribution in [3.63, 3.8) is 0 Å². The van der Waals surface area contributed by atoms with Crippen molar-refractivity contribution in [2.45, 2.75) is 19.4 Å². The third-order valence-electron chi connectivity index (χ3n) is 3.57. The summed E-state index contributed by atoms with van der Waals surface area (Å²) in [5, 5.41) is 12.2. The number of rotatable bonds is 3. The fraction of sp³-hybridized carbons (Fsp3) is 0.188. The number of hydrogen-bond donors (Lipinski definition) is 1. The molecule has 2 aromatic carbocycles. The molecule has 0 spiro atoms. The molecule has 0 saturated carbocycles. The van der Waals surface area contributed by atoms with E-state index in [9.17, 15) is 4.39 Å². The third-order valence-corrected chi connectivity index (χ3v) is 4.45. The Morgan fingerprint density at radius 3 is 2.90 bits per heavy atom. The van der Waals surface area contributed by atoms with Gasteiger partial charge in [0.05, 0.1) is 10.2 Å². The predicted molar refractivity (Wildman–Crippen MR) is 81.5 cm³/mol. The van der Waals surface area contributed by atoms with Crippen LogP contribution in [0.1, 0.15) is 23.1 Å². The van der Waals surface area contributed by atoms with Gasteiger partial charge in [0, 0.05) is 11.1 Å². The Balaban J connectivity index is 1.76. The summed E-state index contributed by atoms with van der Waals surface area (Å²) in [6.07, 6.45) is 1.58. The van der Waals surface area contributed by atoms with Gasteiger partial charge in [0.1, 0.15) is 18.2 Å². The van der Waals surface area contributed by atoms with Gasteiger partial charge in [-0.3, -0.25) is 0 Å². The lowest BCUT2D eigenvalue weighted by atomic mass is 10.1. The molecule has 3 rings (SSSR count). The molecule has 108 valence electrons. The highest BCUT2D eigenvalue weighted by atomic mass is 79.9. The van der Waals surface area contributed by atoms with Crippen molar-refractivity contribution in [2.75, 3.05) is 0 Å².